The van der Waals surface area contributed by atoms with Crippen LogP contribution in [0.2, 0.25) is 0 Å². The van der Waals surface area contributed by atoms with Crippen molar-refractivity contribution < 1.29 is 9.53 Å². The van der Waals surface area contributed by atoms with Crippen molar-refractivity contribution in [3.05, 3.63) is 18.2 Å². The third-order valence-corrected chi connectivity index (χ3v) is 3.40. The standard InChI is InChI=1S/C10H10N2O2S2.HI/c1-14-6-3-4-7-8(5-6)16-9(11-7)12-10(13)15-2;/h3-5H,1-2H3,(H,11,12,13);1H. The Kier molecular flexibility index (Phi) is 5.47. The number of halogens is 1. The molecular formula is C10H11IN2O2S2. The number of nitrogens with zero attached hydrogens (tertiary/aromatic N) is 1. The molecule has 0 saturated carbocycles. The lowest BCUT2D eigenvalue weighted by Gasteiger charge is -1.96. The molecule has 1 aromatic heterocycles. The quantitative estimate of drug-likeness (QED) is 0.803. The molecule has 0 bridgehead atoms. The highest BCUT2D eigenvalue weighted by molar-refractivity contribution is 14.0. The first-order valence-corrected chi connectivity index (χ1v) is 6.56. The Hall–Kier alpha value is -0.540. The van der Waals surface area contributed by atoms with Crippen LogP contribution in [0.5, 0.6) is 5.75 Å². The summed E-state index contributed by atoms with van der Waals surface area (Å²) >= 11 is 2.56. The molecule has 1 aromatic carbocycles. The zero-order valence-corrected chi connectivity index (χ0v) is 13.2. The van der Waals surface area contributed by atoms with E-state index in [1.807, 2.05) is 18.2 Å². The summed E-state index contributed by atoms with van der Waals surface area (Å²) in [6.45, 7) is 0. The lowest BCUT2D eigenvalue weighted by atomic mass is 10.3. The highest BCUT2D eigenvalue weighted by atomic mass is 127. The van der Waals surface area contributed by atoms with Gasteiger partial charge in [-0.1, -0.05) is 23.1 Å². The summed E-state index contributed by atoms with van der Waals surface area (Å²) in [7, 11) is 1.62. The van der Waals surface area contributed by atoms with Crippen LogP contribution in [0.4, 0.5) is 9.93 Å². The molecule has 1 amide bonds. The van der Waals surface area contributed by atoms with Gasteiger partial charge in [-0.2, -0.15) is 0 Å². The third kappa shape index (κ3) is 3.46. The molecule has 0 aliphatic heterocycles. The number of thiazole rings is 1. The monoisotopic (exact) mass is 382 g/mol. The molecule has 17 heavy (non-hydrogen) atoms. The minimum absolute atomic E-state index is 0. The third-order valence-electron chi connectivity index (χ3n) is 1.99. The SMILES string of the molecule is COc1ccc2nc(NC(=O)SC)sc2c1.I. The molecule has 4 nitrogen and oxygen atoms in total. The number of hydrogen-bond acceptors (Lipinski definition) is 5. The summed E-state index contributed by atoms with van der Waals surface area (Å²) < 4.78 is 6.12. The number of carbonyl (C=O) groups excluding carboxylic acids is 1. The van der Waals surface area contributed by atoms with Gasteiger partial charge in [0.2, 0.25) is 0 Å². The maximum Gasteiger partial charge on any atom is 0.284 e. The van der Waals surface area contributed by atoms with Crippen molar-refractivity contribution in [2.75, 3.05) is 18.7 Å². The Balaban J connectivity index is 0.00000144. The van der Waals surface area contributed by atoms with Crippen molar-refractivity contribution >= 4 is 67.7 Å². The molecule has 0 radical (unpaired) electrons. The number of ether oxygens (including phenoxy) is 1. The van der Waals surface area contributed by atoms with Gasteiger partial charge < -0.3 is 4.74 Å². The van der Waals surface area contributed by atoms with Crippen LogP contribution < -0.4 is 10.1 Å². The molecule has 7 heteroatoms. The molecule has 0 spiro atoms. The summed E-state index contributed by atoms with van der Waals surface area (Å²) in [5, 5.41) is 3.22. The summed E-state index contributed by atoms with van der Waals surface area (Å²) in [6, 6.07) is 5.63. The summed E-state index contributed by atoms with van der Waals surface area (Å²) in [5.41, 5.74) is 0.863. The number of nitrogens with one attached hydrogen (secondary N) is 1. The Labute approximate surface area is 124 Å². The zero-order valence-electron chi connectivity index (χ0n) is 9.22. The molecular weight excluding hydrogens is 371 g/mol. The molecule has 0 unspecified atom stereocenters. The highest BCUT2D eigenvalue weighted by Gasteiger charge is 2.07. The minimum Gasteiger partial charge on any atom is -0.497 e. The molecule has 2 aromatic rings. The molecule has 2 rings (SSSR count). The molecule has 1 heterocycles. The Morgan fingerprint density at radius 3 is 2.94 bits per heavy atom. The van der Waals surface area contributed by atoms with E-state index in [4.69, 9.17) is 4.74 Å². The van der Waals surface area contributed by atoms with Gasteiger partial charge in [0, 0.05) is 0 Å². The smallest absolute Gasteiger partial charge is 0.284 e. The Morgan fingerprint density at radius 2 is 2.29 bits per heavy atom. The van der Waals surface area contributed by atoms with Gasteiger partial charge in [-0.25, -0.2) is 4.98 Å². The predicted molar refractivity (Wildman–Crippen MR) is 84.1 cm³/mol. The van der Waals surface area contributed by atoms with Crippen molar-refractivity contribution in [3.8, 4) is 5.75 Å². The van der Waals surface area contributed by atoms with Gasteiger partial charge in [0.15, 0.2) is 5.13 Å². The van der Waals surface area contributed by atoms with Crippen molar-refractivity contribution in [1.82, 2.24) is 4.98 Å². The molecule has 0 aliphatic carbocycles. The summed E-state index contributed by atoms with van der Waals surface area (Å²) in [6.07, 6.45) is 1.73. The lowest BCUT2D eigenvalue weighted by molar-refractivity contribution is 0.270. The second-order valence-corrected chi connectivity index (χ2v) is 4.78. The van der Waals surface area contributed by atoms with Crippen LogP contribution in [-0.2, 0) is 0 Å². The second kappa shape index (κ2) is 6.41. The van der Waals surface area contributed by atoms with E-state index in [0.717, 1.165) is 27.7 Å². The van der Waals surface area contributed by atoms with Gasteiger partial charge in [-0.05, 0) is 24.5 Å². The molecule has 0 atom stereocenters. The average molecular weight is 382 g/mol. The van der Waals surface area contributed by atoms with E-state index in [9.17, 15) is 4.79 Å². The maximum atomic E-state index is 11.2. The van der Waals surface area contributed by atoms with Gasteiger partial charge in [0.25, 0.3) is 5.24 Å². The van der Waals surface area contributed by atoms with E-state index in [1.54, 1.807) is 13.4 Å². The highest BCUT2D eigenvalue weighted by Crippen LogP contribution is 2.29. The second-order valence-electron chi connectivity index (χ2n) is 2.97. The van der Waals surface area contributed by atoms with E-state index < -0.39 is 0 Å². The fourth-order valence-electron chi connectivity index (χ4n) is 1.22. The van der Waals surface area contributed by atoms with E-state index >= 15 is 0 Å². The van der Waals surface area contributed by atoms with Crippen molar-refractivity contribution in [3.63, 3.8) is 0 Å². The molecule has 0 saturated heterocycles. The Morgan fingerprint density at radius 1 is 1.53 bits per heavy atom. The van der Waals surface area contributed by atoms with Crippen molar-refractivity contribution in [2.24, 2.45) is 0 Å². The number of fused-ring (bicyclic) bond motifs is 1. The van der Waals surface area contributed by atoms with Gasteiger partial charge in [-0.15, -0.1) is 24.0 Å². The lowest BCUT2D eigenvalue weighted by Crippen LogP contribution is -2.02. The van der Waals surface area contributed by atoms with Crippen LogP contribution in [-0.4, -0.2) is 23.6 Å². The maximum absolute atomic E-state index is 11.2. The fourth-order valence-corrected chi connectivity index (χ4v) is 2.38. The number of anilines is 1. The summed E-state index contributed by atoms with van der Waals surface area (Å²) in [4.78, 5) is 15.5. The van der Waals surface area contributed by atoms with E-state index in [1.165, 1.54) is 11.3 Å². The number of rotatable bonds is 2. The summed E-state index contributed by atoms with van der Waals surface area (Å²) in [5.74, 6) is 0.791. The van der Waals surface area contributed by atoms with E-state index in [-0.39, 0.29) is 29.2 Å². The average Bonchev–Trinajstić information content (AvgIpc) is 2.69. The topological polar surface area (TPSA) is 51.2 Å². The van der Waals surface area contributed by atoms with Gasteiger partial charge >= 0.3 is 0 Å². The van der Waals surface area contributed by atoms with Gasteiger partial charge in [0.05, 0.1) is 17.3 Å². The van der Waals surface area contributed by atoms with Gasteiger partial charge in [-0.3, -0.25) is 10.1 Å². The fraction of sp³-hybridized carbons (Fsp3) is 0.200. The molecule has 92 valence electrons. The van der Waals surface area contributed by atoms with Crippen LogP contribution in [0.3, 0.4) is 0 Å². The molecule has 0 aliphatic rings. The first-order chi connectivity index (χ1) is 7.72. The van der Waals surface area contributed by atoms with Crippen molar-refractivity contribution in [2.45, 2.75) is 0 Å². The van der Waals surface area contributed by atoms with Crippen LogP contribution in [0, 0.1) is 0 Å². The zero-order chi connectivity index (χ0) is 11.5. The van der Waals surface area contributed by atoms with E-state index in [2.05, 4.69) is 10.3 Å². The number of hydrogen-bond donors (Lipinski definition) is 1. The van der Waals surface area contributed by atoms with Crippen molar-refractivity contribution in [1.29, 1.82) is 0 Å². The van der Waals surface area contributed by atoms with Crippen LogP contribution in [0.15, 0.2) is 18.2 Å². The number of thioether (sulfide) groups is 1. The number of benzene rings is 1. The van der Waals surface area contributed by atoms with Gasteiger partial charge in [0.1, 0.15) is 5.75 Å². The minimum atomic E-state index is -0.106. The number of carbonyl (C=O) groups is 1. The van der Waals surface area contributed by atoms with Crippen LogP contribution in [0.25, 0.3) is 10.2 Å². The predicted octanol–water partition coefficient (Wildman–Crippen LogP) is 3.82. The van der Waals surface area contributed by atoms with E-state index in [0.29, 0.717) is 5.13 Å². The molecule has 0 fully saturated rings. The Bertz CT molecular complexity index is 530. The normalized spacial score (nSPS) is 9.76. The first kappa shape index (κ1) is 14.5. The number of amides is 1. The number of methoxy groups -OCH3 is 1. The van der Waals surface area contributed by atoms with Crippen LogP contribution >= 0.6 is 47.1 Å². The first-order valence-electron chi connectivity index (χ1n) is 4.52. The number of aromatic nitrogens is 1. The molecule has 1 N–H and O–H groups in total. The van der Waals surface area contributed by atoms with Crippen LogP contribution in [0.1, 0.15) is 0 Å². The largest absolute Gasteiger partial charge is 0.497 e.